The Balaban J connectivity index is 1.80. The fourth-order valence-electron chi connectivity index (χ4n) is 3.40. The van der Waals surface area contributed by atoms with E-state index in [0.29, 0.717) is 33.0 Å². The van der Waals surface area contributed by atoms with Gasteiger partial charge in [0.1, 0.15) is 5.82 Å². The molecule has 180 valence electrons. The summed E-state index contributed by atoms with van der Waals surface area (Å²) in [7, 11) is 0. The molecule has 2 unspecified atom stereocenters. The minimum atomic E-state index is -1.76. The van der Waals surface area contributed by atoms with Gasteiger partial charge in [-0.2, -0.15) is 5.10 Å². The van der Waals surface area contributed by atoms with E-state index >= 15 is 0 Å². The van der Waals surface area contributed by atoms with Crippen LogP contribution in [0.5, 0.6) is 0 Å². The average Bonchev–Trinajstić information content (AvgIpc) is 3.17. The molecule has 0 radical (unpaired) electrons. The Kier molecular flexibility index (Phi) is 8.00. The van der Waals surface area contributed by atoms with Crippen LogP contribution in [0.25, 0.3) is 11.1 Å². The van der Waals surface area contributed by atoms with Crippen LogP contribution in [0.4, 0.5) is 4.39 Å². The lowest BCUT2D eigenvalue weighted by atomic mass is 10.0. The third kappa shape index (κ3) is 5.97. The van der Waals surface area contributed by atoms with Crippen molar-refractivity contribution in [1.82, 2.24) is 20.6 Å². The normalized spacial score (nSPS) is 13.0. The number of halogens is 2. The lowest BCUT2D eigenvalue weighted by molar-refractivity contribution is -0.148. The lowest BCUT2D eigenvalue weighted by Gasteiger charge is -2.24. The highest BCUT2D eigenvalue weighted by molar-refractivity contribution is 6.30. The van der Waals surface area contributed by atoms with Crippen LogP contribution in [-0.4, -0.2) is 55.1 Å². The molecule has 11 heteroatoms. The van der Waals surface area contributed by atoms with Gasteiger partial charge in [-0.25, -0.2) is 14.2 Å². The molecule has 9 nitrogen and oxygen atoms in total. The maximum absolute atomic E-state index is 14.2. The number of rotatable bonds is 9. The number of nitrogens with zero attached hydrogens (tertiary/aromatic N) is 2. The first kappa shape index (κ1) is 25.3. The van der Waals surface area contributed by atoms with E-state index in [9.17, 15) is 24.2 Å². The molecule has 2 atom stereocenters. The molecule has 1 aromatic heterocycles. The monoisotopic (exact) mass is 490 g/mol. The Bertz CT molecular complexity index is 1180. The van der Waals surface area contributed by atoms with E-state index in [1.807, 2.05) is 0 Å². The zero-order valence-electron chi connectivity index (χ0n) is 18.4. The molecule has 0 fully saturated rings. The summed E-state index contributed by atoms with van der Waals surface area (Å²) in [4.78, 5) is 23.9. The number of carboxylic acid groups (broad SMARTS) is 1. The van der Waals surface area contributed by atoms with Crippen LogP contribution in [0.3, 0.4) is 0 Å². The minimum Gasteiger partial charge on any atom is -0.479 e. The van der Waals surface area contributed by atoms with E-state index < -0.39 is 36.4 Å². The van der Waals surface area contributed by atoms with Gasteiger partial charge >= 0.3 is 5.97 Å². The number of amides is 1. The van der Waals surface area contributed by atoms with Gasteiger partial charge in [-0.05, 0) is 43.2 Å². The van der Waals surface area contributed by atoms with Gasteiger partial charge in [-0.3, -0.25) is 15.3 Å². The van der Waals surface area contributed by atoms with Crippen LogP contribution in [0.15, 0.2) is 42.5 Å². The number of carboxylic acids is 1. The third-order valence-corrected chi connectivity index (χ3v) is 5.42. The summed E-state index contributed by atoms with van der Waals surface area (Å²) in [5.74, 6) is -2.52. The van der Waals surface area contributed by atoms with Gasteiger partial charge < -0.3 is 15.3 Å². The van der Waals surface area contributed by atoms with E-state index in [1.54, 1.807) is 31.2 Å². The van der Waals surface area contributed by atoms with Crippen molar-refractivity contribution in [2.45, 2.75) is 32.6 Å². The summed E-state index contributed by atoms with van der Waals surface area (Å²) in [6.45, 7) is 2.78. The van der Waals surface area contributed by atoms with Crippen molar-refractivity contribution in [3.8, 4) is 11.1 Å². The molecular weight excluding hydrogens is 467 g/mol. The molecule has 5 N–H and O–H groups in total. The molecule has 0 aliphatic rings. The van der Waals surface area contributed by atoms with Crippen LogP contribution < -0.4 is 5.43 Å². The molecular formula is C23H24ClFN4O5. The summed E-state index contributed by atoms with van der Waals surface area (Å²) >= 11 is 5.96. The largest absolute Gasteiger partial charge is 0.479 e. The van der Waals surface area contributed by atoms with Crippen molar-refractivity contribution >= 4 is 23.5 Å². The van der Waals surface area contributed by atoms with Crippen molar-refractivity contribution in [3.63, 3.8) is 0 Å². The maximum Gasteiger partial charge on any atom is 0.333 e. The highest BCUT2D eigenvalue weighted by Gasteiger charge is 2.24. The molecule has 3 aromatic rings. The van der Waals surface area contributed by atoms with E-state index in [4.69, 9.17) is 16.7 Å². The molecule has 2 aromatic carbocycles. The molecule has 0 bridgehead atoms. The Hall–Kier alpha value is -3.31. The first-order valence-corrected chi connectivity index (χ1v) is 10.7. The van der Waals surface area contributed by atoms with Crippen molar-refractivity contribution in [2.75, 3.05) is 6.54 Å². The number of carbonyl (C=O) groups is 2. The van der Waals surface area contributed by atoms with Crippen molar-refractivity contribution in [3.05, 3.63) is 75.8 Å². The minimum absolute atomic E-state index is 0.0255. The molecule has 0 saturated carbocycles. The first-order chi connectivity index (χ1) is 16.1. The first-order valence-electron chi connectivity index (χ1n) is 10.3. The SMILES string of the molecule is Cc1c(C(=O)NN(Cc2ccc(-c3cc(Cl)ccc3F)cc2)CC(O)C(=O)O)n[nH]c1C(C)O. The number of hydrogen-bond acceptors (Lipinski definition) is 6. The summed E-state index contributed by atoms with van der Waals surface area (Å²) in [6.07, 6.45) is -2.62. The average molecular weight is 491 g/mol. The van der Waals surface area contributed by atoms with Crippen LogP contribution in [-0.2, 0) is 11.3 Å². The molecule has 0 aliphatic carbocycles. The number of aliphatic hydroxyl groups is 2. The van der Waals surface area contributed by atoms with Gasteiger partial charge in [0.2, 0.25) is 0 Å². The van der Waals surface area contributed by atoms with Crippen LogP contribution >= 0.6 is 11.6 Å². The second kappa shape index (κ2) is 10.7. The molecule has 0 spiro atoms. The van der Waals surface area contributed by atoms with Gasteiger partial charge in [0.25, 0.3) is 5.91 Å². The number of H-pyrrole nitrogens is 1. The quantitative estimate of drug-likeness (QED) is 0.291. The molecule has 0 aliphatic heterocycles. The van der Waals surface area contributed by atoms with Gasteiger partial charge in [-0.1, -0.05) is 35.9 Å². The molecule has 1 amide bonds. The summed E-state index contributed by atoms with van der Waals surface area (Å²) in [6, 6.07) is 11.0. The molecule has 1 heterocycles. The Labute approximate surface area is 199 Å². The molecule has 34 heavy (non-hydrogen) atoms. The number of nitrogens with one attached hydrogen (secondary N) is 2. The fraction of sp³-hybridized carbons (Fsp3) is 0.261. The fourth-order valence-corrected chi connectivity index (χ4v) is 3.57. The number of aromatic amines is 1. The summed E-state index contributed by atoms with van der Waals surface area (Å²) in [5, 5.41) is 36.8. The van der Waals surface area contributed by atoms with E-state index in [2.05, 4.69) is 15.6 Å². The van der Waals surface area contributed by atoms with Gasteiger partial charge in [-0.15, -0.1) is 0 Å². The topological polar surface area (TPSA) is 139 Å². The number of carbonyl (C=O) groups excluding carboxylic acids is 1. The Morgan fingerprint density at radius 3 is 2.47 bits per heavy atom. The second-order valence-electron chi connectivity index (χ2n) is 7.78. The number of benzene rings is 2. The predicted octanol–water partition coefficient (Wildman–Crippen LogP) is 2.82. The van der Waals surface area contributed by atoms with Crippen LogP contribution in [0.1, 0.15) is 40.3 Å². The summed E-state index contributed by atoms with van der Waals surface area (Å²) < 4.78 is 14.2. The van der Waals surface area contributed by atoms with Crippen LogP contribution in [0, 0.1) is 12.7 Å². The van der Waals surface area contributed by atoms with Gasteiger partial charge in [0.15, 0.2) is 11.8 Å². The molecule has 3 rings (SSSR count). The molecule has 0 saturated heterocycles. The van der Waals surface area contributed by atoms with Gasteiger partial charge in [0, 0.05) is 22.7 Å². The highest BCUT2D eigenvalue weighted by atomic mass is 35.5. The van der Waals surface area contributed by atoms with E-state index in [1.165, 1.54) is 30.1 Å². The zero-order chi connectivity index (χ0) is 25.0. The smallest absolute Gasteiger partial charge is 0.333 e. The highest BCUT2D eigenvalue weighted by Crippen LogP contribution is 2.26. The van der Waals surface area contributed by atoms with Crippen molar-refractivity contribution in [1.29, 1.82) is 0 Å². The number of aromatic nitrogens is 2. The number of aliphatic carboxylic acids is 1. The number of hydrogen-bond donors (Lipinski definition) is 5. The number of hydrazine groups is 1. The Morgan fingerprint density at radius 2 is 1.88 bits per heavy atom. The van der Waals surface area contributed by atoms with Crippen molar-refractivity contribution < 1.29 is 29.3 Å². The van der Waals surface area contributed by atoms with E-state index in [0.717, 1.165) is 0 Å². The van der Waals surface area contributed by atoms with Crippen LogP contribution in [0.2, 0.25) is 5.02 Å². The predicted molar refractivity (Wildman–Crippen MR) is 122 cm³/mol. The Morgan fingerprint density at radius 1 is 1.21 bits per heavy atom. The van der Waals surface area contributed by atoms with Crippen molar-refractivity contribution in [2.24, 2.45) is 0 Å². The van der Waals surface area contributed by atoms with Gasteiger partial charge in [0.05, 0.1) is 18.3 Å². The number of aliphatic hydroxyl groups excluding tert-OH is 2. The second-order valence-corrected chi connectivity index (χ2v) is 8.22. The van der Waals surface area contributed by atoms with E-state index in [-0.39, 0.29) is 12.2 Å². The third-order valence-electron chi connectivity index (χ3n) is 5.19. The standard InChI is InChI=1S/C23H24ClFN4O5/c1-12-20(13(2)30)26-27-21(12)22(32)28-29(11-19(31)23(33)34)10-14-3-5-15(6-4-14)17-9-16(24)7-8-18(17)25/h3-9,13,19,30-31H,10-11H2,1-2H3,(H,26,27)(H,28,32)(H,33,34). The zero-order valence-corrected chi connectivity index (χ0v) is 19.2. The summed E-state index contributed by atoms with van der Waals surface area (Å²) in [5.41, 5.74) is 4.98. The lowest BCUT2D eigenvalue weighted by Crippen LogP contribution is -2.47. The maximum atomic E-state index is 14.2.